The minimum absolute atomic E-state index is 0.533. The Morgan fingerprint density at radius 1 is 1.21 bits per heavy atom. The van der Waals surface area contributed by atoms with Gasteiger partial charge in [-0.15, -0.1) is 0 Å². The SMILES string of the molecule is Cc1nccc(Oc2cccnc2)n1. The molecule has 4 nitrogen and oxygen atoms in total. The molecule has 0 saturated heterocycles. The van der Waals surface area contributed by atoms with Gasteiger partial charge in [0.25, 0.3) is 0 Å². The third-order valence-electron chi connectivity index (χ3n) is 1.61. The van der Waals surface area contributed by atoms with Crippen molar-refractivity contribution in [2.75, 3.05) is 0 Å². The molecule has 0 amide bonds. The molecule has 2 aromatic heterocycles. The Labute approximate surface area is 81.6 Å². The lowest BCUT2D eigenvalue weighted by molar-refractivity contribution is 0.457. The number of nitrogens with zero attached hydrogens (tertiary/aromatic N) is 3. The van der Waals surface area contributed by atoms with E-state index in [1.54, 1.807) is 24.7 Å². The Hall–Kier alpha value is -1.97. The second-order valence-electron chi connectivity index (χ2n) is 2.73. The summed E-state index contributed by atoms with van der Waals surface area (Å²) in [5.41, 5.74) is 0. The zero-order valence-corrected chi connectivity index (χ0v) is 7.71. The minimum atomic E-state index is 0.533. The third-order valence-corrected chi connectivity index (χ3v) is 1.61. The standard InChI is InChI=1S/C10H9N3O/c1-8-12-6-4-10(13-8)14-9-3-2-5-11-7-9/h2-7H,1H3. The summed E-state index contributed by atoms with van der Waals surface area (Å²) in [5, 5.41) is 0. The van der Waals surface area contributed by atoms with Gasteiger partial charge < -0.3 is 4.74 Å². The highest BCUT2D eigenvalue weighted by Gasteiger charge is 1.97. The molecule has 0 aliphatic heterocycles. The van der Waals surface area contributed by atoms with E-state index in [2.05, 4.69) is 15.0 Å². The molecule has 0 bridgehead atoms. The van der Waals surface area contributed by atoms with E-state index in [0.29, 0.717) is 17.5 Å². The van der Waals surface area contributed by atoms with Gasteiger partial charge in [-0.3, -0.25) is 4.98 Å². The van der Waals surface area contributed by atoms with Crippen LogP contribution in [0.2, 0.25) is 0 Å². The van der Waals surface area contributed by atoms with Gasteiger partial charge in [0.2, 0.25) is 5.88 Å². The van der Waals surface area contributed by atoms with Gasteiger partial charge >= 0.3 is 0 Å². The summed E-state index contributed by atoms with van der Waals surface area (Å²) in [6, 6.07) is 5.34. The Morgan fingerprint density at radius 3 is 2.86 bits per heavy atom. The second-order valence-corrected chi connectivity index (χ2v) is 2.73. The predicted octanol–water partition coefficient (Wildman–Crippen LogP) is 1.97. The second kappa shape index (κ2) is 3.83. The molecule has 2 aromatic rings. The van der Waals surface area contributed by atoms with Crippen molar-refractivity contribution in [2.45, 2.75) is 6.92 Å². The van der Waals surface area contributed by atoms with Gasteiger partial charge in [0, 0.05) is 18.5 Å². The summed E-state index contributed by atoms with van der Waals surface area (Å²) in [4.78, 5) is 12.0. The summed E-state index contributed by atoms with van der Waals surface area (Å²) in [6.07, 6.45) is 4.99. The van der Waals surface area contributed by atoms with E-state index in [1.807, 2.05) is 19.1 Å². The molecule has 0 spiro atoms. The molecule has 2 rings (SSSR count). The van der Waals surface area contributed by atoms with Gasteiger partial charge in [-0.25, -0.2) is 4.98 Å². The van der Waals surface area contributed by atoms with Crippen molar-refractivity contribution in [1.29, 1.82) is 0 Å². The number of aryl methyl sites for hydroxylation is 1. The quantitative estimate of drug-likeness (QED) is 0.721. The van der Waals surface area contributed by atoms with Crippen LogP contribution in [0.3, 0.4) is 0 Å². The molecule has 2 heterocycles. The maximum atomic E-state index is 5.45. The van der Waals surface area contributed by atoms with Gasteiger partial charge in [-0.05, 0) is 19.1 Å². The molecule has 14 heavy (non-hydrogen) atoms. The molecule has 0 saturated carbocycles. The molecule has 70 valence electrons. The monoisotopic (exact) mass is 187 g/mol. The van der Waals surface area contributed by atoms with Crippen molar-refractivity contribution in [3.8, 4) is 11.6 Å². The zero-order valence-electron chi connectivity index (χ0n) is 7.71. The Kier molecular flexibility index (Phi) is 2.36. The topological polar surface area (TPSA) is 47.9 Å². The van der Waals surface area contributed by atoms with E-state index >= 15 is 0 Å². The van der Waals surface area contributed by atoms with E-state index < -0.39 is 0 Å². The average Bonchev–Trinajstić information content (AvgIpc) is 2.19. The lowest BCUT2D eigenvalue weighted by Crippen LogP contribution is -1.91. The minimum Gasteiger partial charge on any atom is -0.437 e. The molecule has 0 aromatic carbocycles. The van der Waals surface area contributed by atoms with Crippen LogP contribution in [0.15, 0.2) is 36.8 Å². The van der Waals surface area contributed by atoms with E-state index in [9.17, 15) is 0 Å². The zero-order chi connectivity index (χ0) is 9.80. The maximum absolute atomic E-state index is 5.45. The van der Waals surface area contributed by atoms with Crippen LogP contribution in [0.1, 0.15) is 5.82 Å². The van der Waals surface area contributed by atoms with Crippen LogP contribution in [0, 0.1) is 6.92 Å². The first kappa shape index (κ1) is 8.62. The normalized spacial score (nSPS) is 9.79. The molecule has 0 unspecified atom stereocenters. The number of pyridine rings is 1. The van der Waals surface area contributed by atoms with Gasteiger partial charge in [0.05, 0.1) is 6.20 Å². The van der Waals surface area contributed by atoms with Crippen molar-refractivity contribution in [1.82, 2.24) is 15.0 Å². The number of rotatable bonds is 2. The Bertz CT molecular complexity index is 417. The van der Waals surface area contributed by atoms with E-state index in [-0.39, 0.29) is 0 Å². The predicted molar refractivity (Wildman–Crippen MR) is 51.1 cm³/mol. The fourth-order valence-electron chi connectivity index (χ4n) is 1.02. The number of ether oxygens (including phenoxy) is 1. The Balaban J connectivity index is 2.19. The lowest BCUT2D eigenvalue weighted by Gasteiger charge is -2.03. The average molecular weight is 187 g/mol. The smallest absolute Gasteiger partial charge is 0.222 e. The molecule has 0 N–H and O–H groups in total. The molecule has 0 atom stereocenters. The van der Waals surface area contributed by atoms with Crippen LogP contribution in [0.4, 0.5) is 0 Å². The third kappa shape index (κ3) is 2.04. The Morgan fingerprint density at radius 2 is 2.14 bits per heavy atom. The first-order valence-corrected chi connectivity index (χ1v) is 4.22. The van der Waals surface area contributed by atoms with Crippen LogP contribution in [0.5, 0.6) is 11.6 Å². The molecule has 4 heteroatoms. The van der Waals surface area contributed by atoms with Crippen molar-refractivity contribution in [2.24, 2.45) is 0 Å². The fraction of sp³-hybridized carbons (Fsp3) is 0.100. The molecule has 0 radical (unpaired) electrons. The highest BCUT2D eigenvalue weighted by Crippen LogP contribution is 2.16. The van der Waals surface area contributed by atoms with Crippen LogP contribution in [-0.4, -0.2) is 15.0 Å². The van der Waals surface area contributed by atoms with E-state index in [4.69, 9.17) is 4.74 Å². The van der Waals surface area contributed by atoms with Gasteiger partial charge in [0.1, 0.15) is 11.6 Å². The maximum Gasteiger partial charge on any atom is 0.222 e. The molecular weight excluding hydrogens is 178 g/mol. The number of aromatic nitrogens is 3. The molecule has 0 aliphatic carbocycles. The van der Waals surface area contributed by atoms with Crippen molar-refractivity contribution in [3.05, 3.63) is 42.6 Å². The highest BCUT2D eigenvalue weighted by molar-refractivity contribution is 5.22. The fourth-order valence-corrected chi connectivity index (χ4v) is 1.02. The van der Waals surface area contributed by atoms with Gasteiger partial charge in [-0.1, -0.05) is 0 Å². The van der Waals surface area contributed by atoms with E-state index in [0.717, 1.165) is 0 Å². The van der Waals surface area contributed by atoms with E-state index in [1.165, 1.54) is 0 Å². The van der Waals surface area contributed by atoms with Crippen molar-refractivity contribution < 1.29 is 4.74 Å². The summed E-state index contributed by atoms with van der Waals surface area (Å²) in [6.45, 7) is 1.82. The number of hydrogen-bond acceptors (Lipinski definition) is 4. The first-order chi connectivity index (χ1) is 6.84. The first-order valence-electron chi connectivity index (χ1n) is 4.22. The largest absolute Gasteiger partial charge is 0.437 e. The van der Waals surface area contributed by atoms with Crippen LogP contribution in [-0.2, 0) is 0 Å². The van der Waals surface area contributed by atoms with Crippen molar-refractivity contribution >= 4 is 0 Å². The summed E-state index contributed by atoms with van der Waals surface area (Å²) in [7, 11) is 0. The highest BCUT2D eigenvalue weighted by atomic mass is 16.5. The molecular formula is C10H9N3O. The summed E-state index contributed by atoms with van der Waals surface area (Å²) < 4.78 is 5.45. The summed E-state index contributed by atoms with van der Waals surface area (Å²) in [5.74, 6) is 1.89. The van der Waals surface area contributed by atoms with Gasteiger partial charge in [0.15, 0.2) is 0 Å². The lowest BCUT2D eigenvalue weighted by atomic mass is 10.5. The molecule has 0 fully saturated rings. The van der Waals surface area contributed by atoms with Crippen molar-refractivity contribution in [3.63, 3.8) is 0 Å². The van der Waals surface area contributed by atoms with Crippen LogP contribution < -0.4 is 4.74 Å². The van der Waals surface area contributed by atoms with Gasteiger partial charge in [-0.2, -0.15) is 4.98 Å². The van der Waals surface area contributed by atoms with Crippen LogP contribution >= 0.6 is 0 Å². The molecule has 0 aliphatic rings. The number of hydrogen-bond donors (Lipinski definition) is 0. The summed E-state index contributed by atoms with van der Waals surface area (Å²) >= 11 is 0. The van der Waals surface area contributed by atoms with Crippen LogP contribution in [0.25, 0.3) is 0 Å².